The van der Waals surface area contributed by atoms with Gasteiger partial charge in [0.15, 0.2) is 0 Å². The molecular formula is C12H17N3O4. The number of nitrogens with zero attached hydrogens (tertiary/aromatic N) is 1. The molecule has 1 aromatic rings. The van der Waals surface area contributed by atoms with E-state index in [2.05, 4.69) is 10.6 Å². The van der Waals surface area contributed by atoms with Gasteiger partial charge in [-0.05, 0) is 13.0 Å². The lowest BCUT2D eigenvalue weighted by Crippen LogP contribution is -2.27. The summed E-state index contributed by atoms with van der Waals surface area (Å²) < 4.78 is 4.83. The van der Waals surface area contributed by atoms with E-state index in [1.165, 1.54) is 19.2 Å². The molecular weight excluding hydrogens is 250 g/mol. The zero-order valence-corrected chi connectivity index (χ0v) is 10.9. The van der Waals surface area contributed by atoms with E-state index in [-0.39, 0.29) is 22.8 Å². The second kappa shape index (κ2) is 7.32. The summed E-state index contributed by atoms with van der Waals surface area (Å²) in [6, 6.07) is 4.40. The normalized spacial score (nSPS) is 10.0. The Balaban J connectivity index is 3.01. The second-order valence-electron chi connectivity index (χ2n) is 3.74. The van der Waals surface area contributed by atoms with Crippen LogP contribution >= 0.6 is 0 Å². The number of methoxy groups -OCH3 is 1. The van der Waals surface area contributed by atoms with Gasteiger partial charge in [-0.3, -0.25) is 14.9 Å². The summed E-state index contributed by atoms with van der Waals surface area (Å²) in [5, 5.41) is 16.4. The van der Waals surface area contributed by atoms with Crippen molar-refractivity contribution >= 4 is 17.3 Å². The van der Waals surface area contributed by atoms with Crippen molar-refractivity contribution in [3.05, 3.63) is 33.9 Å². The molecule has 0 saturated carbocycles. The van der Waals surface area contributed by atoms with Gasteiger partial charge in [0.1, 0.15) is 5.69 Å². The third kappa shape index (κ3) is 3.92. The van der Waals surface area contributed by atoms with Crippen LogP contribution < -0.4 is 10.6 Å². The van der Waals surface area contributed by atoms with E-state index in [1.54, 1.807) is 6.07 Å². The first-order valence-electron chi connectivity index (χ1n) is 5.90. The number of carbonyl (C=O) groups excluding carboxylic acids is 1. The Morgan fingerprint density at radius 2 is 2.21 bits per heavy atom. The molecule has 0 aliphatic rings. The van der Waals surface area contributed by atoms with Gasteiger partial charge < -0.3 is 15.4 Å². The average Bonchev–Trinajstić information content (AvgIpc) is 2.39. The number of nitro benzene ring substituents is 1. The van der Waals surface area contributed by atoms with Gasteiger partial charge >= 0.3 is 0 Å². The number of anilines is 1. The van der Waals surface area contributed by atoms with Gasteiger partial charge in [0.05, 0.1) is 17.1 Å². The van der Waals surface area contributed by atoms with Crippen molar-refractivity contribution in [3.8, 4) is 0 Å². The second-order valence-corrected chi connectivity index (χ2v) is 3.74. The van der Waals surface area contributed by atoms with Gasteiger partial charge in [-0.25, -0.2) is 0 Å². The van der Waals surface area contributed by atoms with E-state index in [0.29, 0.717) is 19.7 Å². The summed E-state index contributed by atoms with van der Waals surface area (Å²) >= 11 is 0. The number of carbonyl (C=O) groups is 1. The molecule has 7 heteroatoms. The topological polar surface area (TPSA) is 93.5 Å². The van der Waals surface area contributed by atoms with Crippen molar-refractivity contribution in [2.75, 3.05) is 32.1 Å². The predicted octanol–water partition coefficient (Wildman–Crippen LogP) is 1.40. The maximum Gasteiger partial charge on any atom is 0.293 e. The maximum atomic E-state index is 12.0. The molecule has 1 rings (SSSR count). The largest absolute Gasteiger partial charge is 0.383 e. The number of para-hydroxylation sites is 1. The zero-order chi connectivity index (χ0) is 14.3. The summed E-state index contributed by atoms with van der Waals surface area (Å²) in [7, 11) is 1.53. The highest BCUT2D eigenvalue weighted by molar-refractivity contribution is 6.01. The molecule has 0 fully saturated rings. The average molecular weight is 267 g/mol. The van der Waals surface area contributed by atoms with Gasteiger partial charge in [0, 0.05) is 26.3 Å². The Morgan fingerprint density at radius 1 is 1.47 bits per heavy atom. The number of benzene rings is 1. The van der Waals surface area contributed by atoms with E-state index in [4.69, 9.17) is 4.74 Å². The van der Waals surface area contributed by atoms with Crippen molar-refractivity contribution in [3.63, 3.8) is 0 Å². The summed E-state index contributed by atoms with van der Waals surface area (Å²) in [6.07, 6.45) is 0. The van der Waals surface area contributed by atoms with Crippen LogP contribution in [0.1, 0.15) is 17.3 Å². The van der Waals surface area contributed by atoms with Crippen molar-refractivity contribution < 1.29 is 14.5 Å². The van der Waals surface area contributed by atoms with Crippen LogP contribution in [0.25, 0.3) is 0 Å². The van der Waals surface area contributed by atoms with E-state index in [1.807, 2.05) is 6.92 Å². The SMILES string of the molecule is CCNc1c(C(=O)NCCOC)cccc1[N+](=O)[O-]. The predicted molar refractivity (Wildman–Crippen MR) is 71.5 cm³/mol. The molecule has 0 heterocycles. The first-order valence-corrected chi connectivity index (χ1v) is 5.90. The number of ether oxygens (including phenoxy) is 1. The van der Waals surface area contributed by atoms with Gasteiger partial charge in [0.2, 0.25) is 0 Å². The zero-order valence-electron chi connectivity index (χ0n) is 10.9. The minimum absolute atomic E-state index is 0.110. The van der Waals surface area contributed by atoms with Crippen LogP contribution in [-0.2, 0) is 4.74 Å². The lowest BCUT2D eigenvalue weighted by molar-refractivity contribution is -0.384. The fraction of sp³-hybridized carbons (Fsp3) is 0.417. The molecule has 2 N–H and O–H groups in total. The van der Waals surface area contributed by atoms with Crippen LogP contribution in [-0.4, -0.2) is 37.6 Å². The van der Waals surface area contributed by atoms with Crippen LogP contribution in [0.5, 0.6) is 0 Å². The summed E-state index contributed by atoms with van der Waals surface area (Å²) in [4.78, 5) is 22.4. The van der Waals surface area contributed by atoms with Crippen molar-refractivity contribution in [2.45, 2.75) is 6.92 Å². The molecule has 104 valence electrons. The molecule has 0 aliphatic heterocycles. The Morgan fingerprint density at radius 3 is 2.79 bits per heavy atom. The van der Waals surface area contributed by atoms with Gasteiger partial charge in [-0.1, -0.05) is 6.07 Å². The first kappa shape index (κ1) is 14.9. The van der Waals surface area contributed by atoms with Crippen LogP contribution in [0.15, 0.2) is 18.2 Å². The van der Waals surface area contributed by atoms with Crippen LogP contribution in [0.3, 0.4) is 0 Å². The van der Waals surface area contributed by atoms with E-state index in [9.17, 15) is 14.9 Å². The molecule has 0 aliphatic carbocycles. The molecule has 0 unspecified atom stereocenters. The number of nitrogens with one attached hydrogen (secondary N) is 2. The molecule has 0 aromatic heterocycles. The van der Waals surface area contributed by atoms with Crippen LogP contribution in [0, 0.1) is 10.1 Å². The molecule has 19 heavy (non-hydrogen) atoms. The molecule has 0 atom stereocenters. The summed E-state index contributed by atoms with van der Waals surface area (Å²) in [5.74, 6) is -0.364. The smallest absolute Gasteiger partial charge is 0.293 e. The van der Waals surface area contributed by atoms with Crippen LogP contribution in [0.4, 0.5) is 11.4 Å². The first-order chi connectivity index (χ1) is 9.11. The molecule has 7 nitrogen and oxygen atoms in total. The van der Waals surface area contributed by atoms with Crippen LogP contribution in [0.2, 0.25) is 0 Å². The number of amides is 1. The molecule has 0 spiro atoms. The van der Waals surface area contributed by atoms with Gasteiger partial charge in [0.25, 0.3) is 11.6 Å². The third-order valence-electron chi connectivity index (χ3n) is 2.43. The molecule has 0 saturated heterocycles. The minimum atomic E-state index is -0.510. The Hall–Kier alpha value is -2.15. The number of hydrogen-bond acceptors (Lipinski definition) is 5. The Labute approximate surface area is 111 Å². The van der Waals surface area contributed by atoms with E-state index < -0.39 is 4.92 Å². The Bertz CT molecular complexity index is 462. The molecule has 1 amide bonds. The molecule has 0 bridgehead atoms. The van der Waals surface area contributed by atoms with Crippen molar-refractivity contribution in [2.24, 2.45) is 0 Å². The van der Waals surface area contributed by atoms with E-state index in [0.717, 1.165) is 0 Å². The standard InChI is InChI=1S/C12H17N3O4/c1-3-13-11-9(12(16)14-7-8-19-2)5-4-6-10(11)15(17)18/h4-6,13H,3,7-8H2,1-2H3,(H,14,16). The van der Waals surface area contributed by atoms with Gasteiger partial charge in [-0.15, -0.1) is 0 Å². The quantitative estimate of drug-likeness (QED) is 0.442. The number of hydrogen-bond donors (Lipinski definition) is 2. The van der Waals surface area contributed by atoms with E-state index >= 15 is 0 Å². The molecule has 0 radical (unpaired) electrons. The lowest BCUT2D eigenvalue weighted by Gasteiger charge is -2.11. The van der Waals surface area contributed by atoms with Crippen molar-refractivity contribution in [1.29, 1.82) is 0 Å². The maximum absolute atomic E-state index is 12.0. The summed E-state index contributed by atoms with van der Waals surface area (Å²) in [5.41, 5.74) is 0.387. The highest BCUT2D eigenvalue weighted by Crippen LogP contribution is 2.28. The minimum Gasteiger partial charge on any atom is -0.383 e. The Kier molecular flexibility index (Phi) is 5.74. The highest BCUT2D eigenvalue weighted by atomic mass is 16.6. The summed E-state index contributed by atoms with van der Waals surface area (Å²) in [6.45, 7) is 3.04. The lowest BCUT2D eigenvalue weighted by atomic mass is 10.1. The fourth-order valence-electron chi connectivity index (χ4n) is 1.61. The van der Waals surface area contributed by atoms with Crippen molar-refractivity contribution in [1.82, 2.24) is 5.32 Å². The fourth-order valence-corrected chi connectivity index (χ4v) is 1.61. The third-order valence-corrected chi connectivity index (χ3v) is 2.43. The molecule has 1 aromatic carbocycles. The highest BCUT2D eigenvalue weighted by Gasteiger charge is 2.20. The number of nitro groups is 1. The van der Waals surface area contributed by atoms with Gasteiger partial charge in [-0.2, -0.15) is 0 Å². The monoisotopic (exact) mass is 267 g/mol. The number of rotatable bonds is 7.